The third-order valence-corrected chi connectivity index (χ3v) is 3.64. The fourth-order valence-electron chi connectivity index (χ4n) is 1.89. The molecule has 0 fully saturated rings. The number of carbonyl (C=O) groups excluding carboxylic acids is 1. The van der Waals surface area contributed by atoms with Gasteiger partial charge in [-0.2, -0.15) is 5.10 Å². The number of halogens is 2. The first-order chi connectivity index (χ1) is 10.6. The molecule has 2 aromatic rings. The van der Waals surface area contributed by atoms with Crippen molar-refractivity contribution in [1.82, 2.24) is 5.43 Å². The van der Waals surface area contributed by atoms with E-state index in [-0.39, 0.29) is 12.4 Å². The van der Waals surface area contributed by atoms with E-state index < -0.39 is 11.7 Å². The van der Waals surface area contributed by atoms with Crippen molar-refractivity contribution in [2.75, 3.05) is 6.79 Å². The molecule has 2 aromatic carbocycles. The predicted octanol–water partition coefficient (Wildman–Crippen LogP) is 3.08. The van der Waals surface area contributed by atoms with Gasteiger partial charge in [-0.1, -0.05) is 6.07 Å². The van der Waals surface area contributed by atoms with Gasteiger partial charge in [0.25, 0.3) is 5.91 Å². The number of amides is 1. The Morgan fingerprint density at radius 3 is 2.82 bits per heavy atom. The Morgan fingerprint density at radius 1 is 1.27 bits per heavy atom. The highest BCUT2D eigenvalue weighted by Gasteiger charge is 2.15. The van der Waals surface area contributed by atoms with Crippen LogP contribution in [-0.2, 0) is 0 Å². The van der Waals surface area contributed by atoms with Gasteiger partial charge in [-0.15, -0.1) is 0 Å². The summed E-state index contributed by atoms with van der Waals surface area (Å²) in [5, 5.41) is 3.86. The van der Waals surface area contributed by atoms with Gasteiger partial charge < -0.3 is 9.47 Å². The lowest BCUT2D eigenvalue weighted by molar-refractivity contribution is 0.0954. The molecule has 0 saturated carbocycles. The summed E-state index contributed by atoms with van der Waals surface area (Å²) in [6.07, 6.45) is 1.46. The zero-order valence-electron chi connectivity index (χ0n) is 11.2. The fraction of sp³-hybridized carbons (Fsp3) is 0.0667. The number of nitrogens with one attached hydrogen (secondary N) is 1. The Balaban J connectivity index is 1.71. The molecule has 1 N–H and O–H groups in total. The maximum Gasteiger partial charge on any atom is 0.271 e. The first-order valence-corrected chi connectivity index (χ1v) is 7.11. The van der Waals surface area contributed by atoms with Crippen molar-refractivity contribution in [3.05, 3.63) is 57.8 Å². The number of hydrogen-bond donors (Lipinski definition) is 1. The van der Waals surface area contributed by atoms with Crippen molar-refractivity contribution < 1.29 is 18.7 Å². The lowest BCUT2D eigenvalue weighted by Gasteiger charge is -2.02. The molecule has 0 bridgehead atoms. The first kappa shape index (κ1) is 14.5. The van der Waals surface area contributed by atoms with Gasteiger partial charge in [0.05, 0.1) is 6.21 Å². The highest BCUT2D eigenvalue weighted by molar-refractivity contribution is 9.10. The number of ether oxygens (including phenoxy) is 2. The molecule has 0 atom stereocenters. The Morgan fingerprint density at radius 2 is 2.05 bits per heavy atom. The molecule has 0 radical (unpaired) electrons. The molecule has 1 amide bonds. The molecule has 3 rings (SSSR count). The minimum absolute atomic E-state index is 0.179. The second-order valence-corrected chi connectivity index (χ2v) is 5.29. The maximum absolute atomic E-state index is 13.0. The zero-order chi connectivity index (χ0) is 15.5. The topological polar surface area (TPSA) is 59.9 Å². The Labute approximate surface area is 133 Å². The fourth-order valence-corrected chi connectivity index (χ4v) is 2.31. The van der Waals surface area contributed by atoms with Crippen molar-refractivity contribution in [1.29, 1.82) is 0 Å². The largest absolute Gasteiger partial charge is 0.454 e. The quantitative estimate of drug-likeness (QED) is 0.672. The van der Waals surface area contributed by atoms with Crippen LogP contribution in [0.25, 0.3) is 0 Å². The molecule has 7 heteroatoms. The van der Waals surface area contributed by atoms with Crippen LogP contribution in [0.5, 0.6) is 11.5 Å². The van der Waals surface area contributed by atoms with E-state index in [2.05, 4.69) is 26.5 Å². The highest BCUT2D eigenvalue weighted by atomic mass is 79.9. The lowest BCUT2D eigenvalue weighted by Crippen LogP contribution is -2.17. The van der Waals surface area contributed by atoms with E-state index in [9.17, 15) is 9.18 Å². The van der Waals surface area contributed by atoms with E-state index in [1.165, 1.54) is 24.4 Å². The molecular formula is C15H10BrFN2O3. The van der Waals surface area contributed by atoms with E-state index in [0.29, 0.717) is 17.1 Å². The summed E-state index contributed by atoms with van der Waals surface area (Å²) in [4.78, 5) is 11.8. The van der Waals surface area contributed by atoms with E-state index >= 15 is 0 Å². The van der Waals surface area contributed by atoms with Gasteiger partial charge in [-0.25, -0.2) is 9.82 Å². The van der Waals surface area contributed by atoms with Gasteiger partial charge in [0, 0.05) is 15.6 Å². The van der Waals surface area contributed by atoms with E-state index in [4.69, 9.17) is 9.47 Å². The third kappa shape index (κ3) is 3.09. The summed E-state index contributed by atoms with van der Waals surface area (Å²) < 4.78 is 24.3. The van der Waals surface area contributed by atoms with Crippen molar-refractivity contribution in [2.24, 2.45) is 5.10 Å². The summed E-state index contributed by atoms with van der Waals surface area (Å²) in [5.74, 6) is 0.289. The predicted molar refractivity (Wildman–Crippen MR) is 81.7 cm³/mol. The first-order valence-electron chi connectivity index (χ1n) is 6.31. The van der Waals surface area contributed by atoms with E-state index in [0.717, 1.165) is 10.5 Å². The van der Waals surface area contributed by atoms with Gasteiger partial charge >= 0.3 is 0 Å². The summed E-state index contributed by atoms with van der Waals surface area (Å²) in [7, 11) is 0. The average molecular weight is 365 g/mol. The van der Waals surface area contributed by atoms with Gasteiger partial charge in [-0.3, -0.25) is 4.79 Å². The molecule has 1 heterocycles. The normalized spacial score (nSPS) is 12.6. The third-order valence-electron chi connectivity index (χ3n) is 2.95. The van der Waals surface area contributed by atoms with E-state index in [1.807, 2.05) is 0 Å². The van der Waals surface area contributed by atoms with E-state index in [1.54, 1.807) is 12.1 Å². The standard InChI is InChI=1S/C15H10BrFN2O3/c16-12-6-14-13(21-8-22-14)5-10(12)7-18-19-15(20)9-2-1-3-11(17)4-9/h1-7H,8H2,(H,19,20)/b18-7-. The summed E-state index contributed by atoms with van der Waals surface area (Å²) in [5.41, 5.74) is 3.25. The number of benzene rings is 2. The van der Waals surface area contributed by atoms with Crippen LogP contribution in [0.4, 0.5) is 4.39 Å². The average Bonchev–Trinajstić information content (AvgIpc) is 2.94. The molecule has 5 nitrogen and oxygen atoms in total. The van der Waals surface area contributed by atoms with Crippen LogP contribution in [0.2, 0.25) is 0 Å². The maximum atomic E-state index is 13.0. The molecular weight excluding hydrogens is 355 g/mol. The highest BCUT2D eigenvalue weighted by Crippen LogP contribution is 2.36. The number of fused-ring (bicyclic) bond motifs is 1. The van der Waals surface area contributed by atoms with Crippen LogP contribution in [0.15, 0.2) is 46.0 Å². The lowest BCUT2D eigenvalue weighted by atomic mass is 10.2. The van der Waals surface area contributed by atoms with Gasteiger partial charge in [-0.05, 0) is 46.3 Å². The van der Waals surface area contributed by atoms with Crippen molar-refractivity contribution >= 4 is 28.1 Å². The molecule has 1 aliphatic rings. The molecule has 1 aliphatic heterocycles. The monoisotopic (exact) mass is 364 g/mol. The zero-order valence-corrected chi connectivity index (χ0v) is 12.8. The number of hydrogen-bond acceptors (Lipinski definition) is 4. The van der Waals surface area contributed by atoms with Gasteiger partial charge in [0.2, 0.25) is 6.79 Å². The number of hydrazone groups is 1. The van der Waals surface area contributed by atoms with Crippen LogP contribution in [0.3, 0.4) is 0 Å². The second-order valence-electron chi connectivity index (χ2n) is 4.44. The summed E-state index contributed by atoms with van der Waals surface area (Å²) >= 11 is 3.38. The smallest absolute Gasteiger partial charge is 0.271 e. The minimum atomic E-state index is -0.493. The molecule has 0 aromatic heterocycles. The van der Waals surface area contributed by atoms with Gasteiger partial charge in [0.1, 0.15) is 5.82 Å². The van der Waals surface area contributed by atoms with Crippen LogP contribution in [-0.4, -0.2) is 18.9 Å². The number of carbonyl (C=O) groups is 1. The van der Waals surface area contributed by atoms with Crippen LogP contribution in [0.1, 0.15) is 15.9 Å². The second kappa shape index (κ2) is 6.15. The minimum Gasteiger partial charge on any atom is -0.454 e. The Kier molecular flexibility index (Phi) is 4.06. The van der Waals surface area contributed by atoms with Gasteiger partial charge in [0.15, 0.2) is 11.5 Å². The molecule has 112 valence electrons. The Hall–Kier alpha value is -2.41. The summed E-state index contributed by atoms with van der Waals surface area (Å²) in [6.45, 7) is 0.179. The summed E-state index contributed by atoms with van der Waals surface area (Å²) in [6, 6.07) is 8.88. The molecule has 0 saturated heterocycles. The molecule has 0 spiro atoms. The van der Waals surface area contributed by atoms with Crippen molar-refractivity contribution in [3.63, 3.8) is 0 Å². The molecule has 0 aliphatic carbocycles. The van der Waals surface area contributed by atoms with Crippen LogP contribution < -0.4 is 14.9 Å². The molecule has 0 unspecified atom stereocenters. The number of rotatable bonds is 3. The van der Waals surface area contributed by atoms with Crippen molar-refractivity contribution in [2.45, 2.75) is 0 Å². The van der Waals surface area contributed by atoms with Crippen LogP contribution in [0, 0.1) is 5.82 Å². The van der Waals surface area contributed by atoms with Crippen molar-refractivity contribution in [3.8, 4) is 11.5 Å². The number of nitrogens with zero attached hydrogens (tertiary/aromatic N) is 1. The van der Waals surface area contributed by atoms with Crippen LogP contribution >= 0.6 is 15.9 Å². The molecule has 22 heavy (non-hydrogen) atoms. The SMILES string of the molecule is O=C(N/N=C\c1cc2c(cc1Br)OCO2)c1cccc(F)c1. The Bertz CT molecular complexity index is 764.